The van der Waals surface area contributed by atoms with Crippen molar-refractivity contribution in [2.45, 2.75) is 13.0 Å². The number of imidazole rings is 1. The molecule has 80 valence electrons. The van der Waals surface area contributed by atoms with E-state index >= 15 is 0 Å². The second-order valence-corrected chi connectivity index (χ2v) is 3.30. The molecule has 0 bridgehead atoms. The van der Waals surface area contributed by atoms with E-state index in [2.05, 4.69) is 25.1 Å². The highest BCUT2D eigenvalue weighted by atomic mass is 15.3. The quantitative estimate of drug-likeness (QED) is 0.781. The van der Waals surface area contributed by atoms with E-state index in [1.807, 2.05) is 24.9 Å². The number of hydrogen-bond donors (Lipinski definition) is 1. The van der Waals surface area contributed by atoms with Gasteiger partial charge in [-0.2, -0.15) is 0 Å². The summed E-state index contributed by atoms with van der Waals surface area (Å²) in [5.74, 6) is 1.85. The monoisotopic (exact) mass is 206 g/mol. The Morgan fingerprint density at radius 2 is 2.33 bits per heavy atom. The fourth-order valence-electron chi connectivity index (χ4n) is 1.47. The molecule has 0 aromatic carbocycles. The molecule has 2 aromatic heterocycles. The Hall–Kier alpha value is -1.85. The first-order chi connectivity index (χ1) is 7.31. The van der Waals surface area contributed by atoms with Gasteiger partial charge in [-0.25, -0.2) is 4.98 Å². The Morgan fingerprint density at radius 1 is 1.47 bits per heavy atom. The second-order valence-electron chi connectivity index (χ2n) is 3.30. The predicted molar refractivity (Wildman–Crippen MR) is 56.5 cm³/mol. The molecule has 0 aliphatic rings. The molecule has 0 amide bonds. The summed E-state index contributed by atoms with van der Waals surface area (Å²) < 4.78 is 3.98. The lowest BCUT2D eigenvalue weighted by atomic mass is 10.4. The lowest BCUT2D eigenvalue weighted by Crippen LogP contribution is -2.07. The molecule has 2 heterocycles. The topological polar surface area (TPSA) is 60.6 Å². The number of nitrogens with zero attached hydrogens (tertiary/aromatic N) is 5. The van der Waals surface area contributed by atoms with Crippen molar-refractivity contribution in [3.8, 4) is 0 Å². The highest BCUT2D eigenvalue weighted by molar-refractivity contribution is 5.24. The highest BCUT2D eigenvalue weighted by Crippen LogP contribution is 2.04. The molecule has 0 unspecified atom stereocenters. The molecule has 15 heavy (non-hydrogen) atoms. The van der Waals surface area contributed by atoms with Crippen molar-refractivity contribution in [3.63, 3.8) is 0 Å². The van der Waals surface area contributed by atoms with Crippen molar-refractivity contribution in [2.75, 3.05) is 12.4 Å². The van der Waals surface area contributed by atoms with Crippen LogP contribution in [0.5, 0.6) is 0 Å². The van der Waals surface area contributed by atoms with Crippen molar-refractivity contribution < 1.29 is 0 Å². The minimum atomic E-state index is 0.849. The molecule has 0 atom stereocenters. The van der Waals surface area contributed by atoms with Crippen molar-refractivity contribution in [3.05, 3.63) is 24.5 Å². The van der Waals surface area contributed by atoms with Crippen LogP contribution >= 0.6 is 0 Å². The van der Waals surface area contributed by atoms with Gasteiger partial charge < -0.3 is 14.5 Å². The fourth-order valence-corrected chi connectivity index (χ4v) is 1.47. The van der Waals surface area contributed by atoms with Gasteiger partial charge in [0, 0.05) is 39.5 Å². The second kappa shape index (κ2) is 4.12. The predicted octanol–water partition coefficient (Wildman–Crippen LogP) is 0.296. The minimum absolute atomic E-state index is 0.849. The van der Waals surface area contributed by atoms with E-state index < -0.39 is 0 Å². The molecule has 2 aromatic rings. The van der Waals surface area contributed by atoms with E-state index in [1.54, 1.807) is 12.5 Å². The third kappa shape index (κ3) is 1.98. The van der Waals surface area contributed by atoms with Crippen LogP contribution < -0.4 is 5.32 Å². The van der Waals surface area contributed by atoms with Gasteiger partial charge >= 0.3 is 0 Å². The molecule has 6 nitrogen and oxygen atoms in total. The summed E-state index contributed by atoms with van der Waals surface area (Å²) in [6.45, 7) is 0.850. The third-order valence-corrected chi connectivity index (χ3v) is 2.32. The van der Waals surface area contributed by atoms with Gasteiger partial charge in [0.1, 0.15) is 12.2 Å². The van der Waals surface area contributed by atoms with E-state index in [1.165, 1.54) is 0 Å². The van der Waals surface area contributed by atoms with Crippen molar-refractivity contribution in [2.24, 2.45) is 7.05 Å². The maximum atomic E-state index is 4.17. The Labute approximate surface area is 88.0 Å². The number of anilines is 1. The molecule has 0 spiro atoms. The van der Waals surface area contributed by atoms with Crippen LogP contribution in [0.1, 0.15) is 5.82 Å². The largest absolute Gasteiger partial charge is 0.359 e. The van der Waals surface area contributed by atoms with E-state index in [0.29, 0.717) is 0 Å². The molecule has 0 aliphatic heterocycles. The molecule has 0 fully saturated rings. The van der Waals surface area contributed by atoms with Crippen molar-refractivity contribution in [1.82, 2.24) is 24.3 Å². The average Bonchev–Trinajstić information content (AvgIpc) is 2.83. The SMILES string of the molecule is CNc1nccn1CCc1nncn1C. The summed E-state index contributed by atoms with van der Waals surface area (Å²) in [5, 5.41) is 10.9. The third-order valence-electron chi connectivity index (χ3n) is 2.32. The maximum absolute atomic E-state index is 4.17. The van der Waals surface area contributed by atoms with Gasteiger partial charge in [0.2, 0.25) is 5.95 Å². The highest BCUT2D eigenvalue weighted by Gasteiger charge is 2.03. The van der Waals surface area contributed by atoms with E-state index in [9.17, 15) is 0 Å². The van der Waals surface area contributed by atoms with Gasteiger partial charge in [0.25, 0.3) is 0 Å². The Balaban J connectivity index is 2.02. The Kier molecular flexibility index (Phi) is 2.66. The summed E-state index contributed by atoms with van der Waals surface area (Å²) >= 11 is 0. The summed E-state index contributed by atoms with van der Waals surface area (Å²) in [7, 11) is 3.81. The normalized spacial score (nSPS) is 10.5. The first-order valence-corrected chi connectivity index (χ1v) is 4.83. The molecular formula is C9H14N6. The lowest BCUT2D eigenvalue weighted by Gasteiger charge is -2.06. The van der Waals surface area contributed by atoms with Gasteiger partial charge in [0.15, 0.2) is 0 Å². The summed E-state index contributed by atoms with van der Waals surface area (Å²) in [6.07, 6.45) is 6.29. The molecule has 0 saturated heterocycles. The zero-order valence-corrected chi connectivity index (χ0v) is 8.88. The number of aromatic nitrogens is 5. The standard InChI is InChI=1S/C9H14N6/c1-10-9-11-4-6-15(9)5-3-8-13-12-7-14(8)2/h4,6-7H,3,5H2,1-2H3,(H,10,11). The molecule has 0 radical (unpaired) electrons. The molecule has 6 heteroatoms. The van der Waals surface area contributed by atoms with Crippen LogP contribution in [0.15, 0.2) is 18.7 Å². The van der Waals surface area contributed by atoms with Crippen molar-refractivity contribution in [1.29, 1.82) is 0 Å². The molecule has 0 aliphatic carbocycles. The van der Waals surface area contributed by atoms with Crippen LogP contribution in [0, 0.1) is 0 Å². The van der Waals surface area contributed by atoms with Gasteiger partial charge in [-0.1, -0.05) is 0 Å². The van der Waals surface area contributed by atoms with E-state index in [-0.39, 0.29) is 0 Å². The lowest BCUT2D eigenvalue weighted by molar-refractivity contribution is 0.654. The maximum Gasteiger partial charge on any atom is 0.202 e. The first-order valence-electron chi connectivity index (χ1n) is 4.83. The van der Waals surface area contributed by atoms with E-state index in [4.69, 9.17) is 0 Å². The molecule has 1 N–H and O–H groups in total. The van der Waals surface area contributed by atoms with Gasteiger partial charge in [-0.05, 0) is 0 Å². The zero-order chi connectivity index (χ0) is 10.7. The van der Waals surface area contributed by atoms with E-state index in [0.717, 1.165) is 24.7 Å². The minimum Gasteiger partial charge on any atom is -0.359 e. The number of hydrogen-bond acceptors (Lipinski definition) is 4. The van der Waals surface area contributed by atoms with Crippen LogP contribution in [-0.4, -0.2) is 31.4 Å². The van der Waals surface area contributed by atoms with Crippen molar-refractivity contribution >= 4 is 5.95 Å². The number of rotatable bonds is 4. The van der Waals surface area contributed by atoms with Gasteiger partial charge in [-0.15, -0.1) is 10.2 Å². The van der Waals surface area contributed by atoms with Gasteiger partial charge in [0.05, 0.1) is 0 Å². The smallest absolute Gasteiger partial charge is 0.202 e. The van der Waals surface area contributed by atoms with Crippen LogP contribution in [0.4, 0.5) is 5.95 Å². The van der Waals surface area contributed by atoms with Crippen LogP contribution in [-0.2, 0) is 20.0 Å². The molecule has 2 rings (SSSR count). The Morgan fingerprint density at radius 3 is 3.00 bits per heavy atom. The van der Waals surface area contributed by atoms with Crippen LogP contribution in [0.2, 0.25) is 0 Å². The molecule has 0 saturated carbocycles. The average molecular weight is 206 g/mol. The van der Waals surface area contributed by atoms with Gasteiger partial charge in [-0.3, -0.25) is 0 Å². The summed E-state index contributed by atoms with van der Waals surface area (Å²) in [5.41, 5.74) is 0. The number of nitrogens with one attached hydrogen (secondary N) is 1. The van der Waals surface area contributed by atoms with Crippen LogP contribution in [0.3, 0.4) is 0 Å². The summed E-state index contributed by atoms with van der Waals surface area (Å²) in [6, 6.07) is 0. The van der Waals surface area contributed by atoms with Crippen LogP contribution in [0.25, 0.3) is 0 Å². The molecular weight excluding hydrogens is 192 g/mol. The summed E-state index contributed by atoms with van der Waals surface area (Å²) in [4.78, 5) is 4.17. The fraction of sp³-hybridized carbons (Fsp3) is 0.444. The Bertz CT molecular complexity index is 429. The first kappa shape index (κ1) is 9.70. The zero-order valence-electron chi connectivity index (χ0n) is 8.88. The number of aryl methyl sites for hydroxylation is 3.